The van der Waals surface area contributed by atoms with E-state index in [9.17, 15) is 4.79 Å². The quantitative estimate of drug-likeness (QED) is 0.454. The first kappa shape index (κ1) is 6.87. The summed E-state index contributed by atoms with van der Waals surface area (Å²) in [6, 6.07) is 9.82. The van der Waals surface area contributed by atoms with Gasteiger partial charge in [-0.05, 0) is 18.2 Å². The third-order valence-electron chi connectivity index (χ3n) is 1.25. The molecule has 0 aliphatic carbocycles. The minimum Gasteiger partial charge on any atom is -0.302 e. The molecule has 50 valence electrons. The molecule has 0 spiro atoms. The molecule has 10 heavy (non-hydrogen) atoms. The van der Waals surface area contributed by atoms with Crippen LogP contribution < -0.4 is 0 Å². The Labute approximate surface area is 60.7 Å². The first-order valence-electron chi connectivity index (χ1n) is 3.25. The molecule has 1 nitrogen and oxygen atoms in total. The lowest BCUT2D eigenvalue weighted by atomic mass is 10.1. The van der Waals surface area contributed by atoms with Crippen molar-refractivity contribution in [3.8, 4) is 0 Å². The molecule has 1 rings (SSSR count). The number of aldehydes is 1. The second kappa shape index (κ2) is 3.72. The highest BCUT2D eigenvalue weighted by Crippen LogP contribution is 2.02. The van der Waals surface area contributed by atoms with Gasteiger partial charge < -0.3 is 4.79 Å². The van der Waals surface area contributed by atoms with Crippen molar-refractivity contribution < 1.29 is 4.79 Å². The van der Waals surface area contributed by atoms with E-state index in [1.165, 1.54) is 0 Å². The Kier molecular flexibility index (Phi) is 2.56. The highest BCUT2D eigenvalue weighted by molar-refractivity contribution is 5.53. The van der Waals surface area contributed by atoms with Crippen LogP contribution in [0.1, 0.15) is 12.0 Å². The van der Waals surface area contributed by atoms with E-state index in [1.807, 2.05) is 36.8 Å². The van der Waals surface area contributed by atoms with Gasteiger partial charge in [0, 0.05) is 18.6 Å². The SMILES string of the molecule is O=CC[CH+]c1ccccc1. The largest absolute Gasteiger partial charge is 0.302 e. The lowest BCUT2D eigenvalue weighted by Gasteiger charge is -1.83. The summed E-state index contributed by atoms with van der Waals surface area (Å²) in [7, 11) is 0. The molecule has 0 radical (unpaired) electrons. The number of carbonyl (C=O) groups is 1. The average Bonchev–Trinajstić information content (AvgIpc) is 2.03. The van der Waals surface area contributed by atoms with Gasteiger partial charge in [-0.3, -0.25) is 0 Å². The fourth-order valence-electron chi connectivity index (χ4n) is 0.773. The summed E-state index contributed by atoms with van der Waals surface area (Å²) in [5.41, 5.74) is 1.11. The Morgan fingerprint density at radius 2 is 2.00 bits per heavy atom. The van der Waals surface area contributed by atoms with Gasteiger partial charge in [-0.1, -0.05) is 0 Å². The number of carbonyl (C=O) groups excluding carboxylic acids is 1. The van der Waals surface area contributed by atoms with Gasteiger partial charge in [0.2, 0.25) is 0 Å². The number of hydrogen-bond acceptors (Lipinski definition) is 1. The minimum atomic E-state index is 0.504. The van der Waals surface area contributed by atoms with Crippen LogP contribution in [0.5, 0.6) is 0 Å². The number of rotatable bonds is 3. The van der Waals surface area contributed by atoms with E-state index in [0.29, 0.717) is 6.42 Å². The summed E-state index contributed by atoms with van der Waals surface area (Å²) in [6.07, 6.45) is 3.30. The van der Waals surface area contributed by atoms with E-state index < -0.39 is 0 Å². The van der Waals surface area contributed by atoms with Crippen LogP contribution in [-0.2, 0) is 4.79 Å². The molecular formula is C9H9O+. The predicted octanol–water partition coefficient (Wildman–Crippen LogP) is 1.83. The second-order valence-corrected chi connectivity index (χ2v) is 2.02. The monoisotopic (exact) mass is 133 g/mol. The van der Waals surface area contributed by atoms with Crippen molar-refractivity contribution in [3.05, 3.63) is 42.3 Å². The van der Waals surface area contributed by atoms with Gasteiger partial charge in [0.15, 0.2) is 0 Å². The van der Waals surface area contributed by atoms with Crippen LogP contribution >= 0.6 is 0 Å². The van der Waals surface area contributed by atoms with Crippen LogP contribution in [0.15, 0.2) is 30.3 Å². The normalized spacial score (nSPS) is 8.80. The van der Waals surface area contributed by atoms with Gasteiger partial charge in [0.1, 0.15) is 11.8 Å². The summed E-state index contributed by atoms with van der Waals surface area (Å²) in [4.78, 5) is 9.95. The first-order chi connectivity index (χ1) is 4.93. The predicted molar refractivity (Wildman–Crippen MR) is 40.5 cm³/mol. The number of hydrogen-bond donors (Lipinski definition) is 0. The Balaban J connectivity index is 2.50. The van der Waals surface area contributed by atoms with E-state index in [1.54, 1.807) is 0 Å². The van der Waals surface area contributed by atoms with Crippen molar-refractivity contribution in [2.24, 2.45) is 0 Å². The molecule has 0 heterocycles. The van der Waals surface area contributed by atoms with Crippen molar-refractivity contribution >= 4 is 6.29 Å². The zero-order valence-electron chi connectivity index (χ0n) is 5.66. The number of benzene rings is 1. The van der Waals surface area contributed by atoms with Crippen molar-refractivity contribution in [2.75, 3.05) is 0 Å². The topological polar surface area (TPSA) is 17.1 Å². The average molecular weight is 133 g/mol. The molecule has 0 aliphatic heterocycles. The van der Waals surface area contributed by atoms with E-state index in [2.05, 4.69) is 0 Å². The maximum atomic E-state index is 9.95. The Morgan fingerprint density at radius 3 is 2.60 bits per heavy atom. The lowest BCUT2D eigenvalue weighted by Crippen LogP contribution is -1.80. The van der Waals surface area contributed by atoms with Crippen LogP contribution in [0.3, 0.4) is 0 Å². The minimum absolute atomic E-state index is 0.504. The van der Waals surface area contributed by atoms with E-state index in [0.717, 1.165) is 11.8 Å². The highest BCUT2D eigenvalue weighted by atomic mass is 16.1. The Morgan fingerprint density at radius 1 is 1.30 bits per heavy atom. The summed E-state index contributed by atoms with van der Waals surface area (Å²) in [5, 5.41) is 0. The highest BCUT2D eigenvalue weighted by Gasteiger charge is 1.96. The molecule has 0 unspecified atom stereocenters. The zero-order chi connectivity index (χ0) is 7.23. The standard InChI is InChI=1S/C9H9O/c10-8-4-7-9-5-2-1-3-6-9/h1-3,5-8H,4H2/q+1. The Hall–Kier alpha value is -1.24. The van der Waals surface area contributed by atoms with Crippen LogP contribution in [0.2, 0.25) is 0 Å². The fourth-order valence-corrected chi connectivity index (χ4v) is 0.773. The molecule has 0 aromatic heterocycles. The van der Waals surface area contributed by atoms with Gasteiger partial charge in [0.25, 0.3) is 0 Å². The molecule has 0 saturated carbocycles. The van der Waals surface area contributed by atoms with Crippen LogP contribution in [0.4, 0.5) is 0 Å². The zero-order valence-corrected chi connectivity index (χ0v) is 5.66. The third-order valence-corrected chi connectivity index (χ3v) is 1.25. The molecule has 1 heteroatoms. The van der Waals surface area contributed by atoms with Gasteiger partial charge in [-0.15, -0.1) is 0 Å². The second-order valence-electron chi connectivity index (χ2n) is 2.02. The van der Waals surface area contributed by atoms with Crippen LogP contribution in [0.25, 0.3) is 0 Å². The van der Waals surface area contributed by atoms with E-state index >= 15 is 0 Å². The van der Waals surface area contributed by atoms with E-state index in [-0.39, 0.29) is 0 Å². The van der Waals surface area contributed by atoms with Crippen LogP contribution in [0, 0.1) is 6.42 Å². The maximum absolute atomic E-state index is 9.95. The maximum Gasteiger partial charge on any atom is 0.136 e. The lowest BCUT2D eigenvalue weighted by molar-refractivity contribution is -0.107. The molecule has 0 bridgehead atoms. The van der Waals surface area contributed by atoms with Gasteiger partial charge in [-0.2, -0.15) is 0 Å². The van der Waals surface area contributed by atoms with Crippen molar-refractivity contribution in [3.63, 3.8) is 0 Å². The first-order valence-corrected chi connectivity index (χ1v) is 3.25. The Bertz CT molecular complexity index is 191. The molecule has 0 aliphatic rings. The smallest absolute Gasteiger partial charge is 0.136 e. The van der Waals surface area contributed by atoms with Gasteiger partial charge >= 0.3 is 0 Å². The molecule has 1 aromatic carbocycles. The molecule has 1 aromatic rings. The molecule has 0 amide bonds. The van der Waals surface area contributed by atoms with Crippen LogP contribution in [-0.4, -0.2) is 6.29 Å². The van der Waals surface area contributed by atoms with Gasteiger partial charge in [0.05, 0.1) is 6.42 Å². The molecule has 0 saturated heterocycles. The molecule has 0 N–H and O–H groups in total. The summed E-state index contributed by atoms with van der Waals surface area (Å²) in [5.74, 6) is 0. The molecule has 0 fully saturated rings. The van der Waals surface area contributed by atoms with Gasteiger partial charge in [-0.25, -0.2) is 0 Å². The fraction of sp³-hybridized carbons (Fsp3) is 0.111. The third kappa shape index (κ3) is 1.94. The van der Waals surface area contributed by atoms with Crippen molar-refractivity contribution in [1.29, 1.82) is 0 Å². The molecule has 0 atom stereocenters. The molecular weight excluding hydrogens is 124 g/mol. The van der Waals surface area contributed by atoms with Crippen molar-refractivity contribution in [2.45, 2.75) is 6.42 Å². The van der Waals surface area contributed by atoms with Crippen molar-refractivity contribution in [1.82, 2.24) is 0 Å². The van der Waals surface area contributed by atoms with E-state index in [4.69, 9.17) is 0 Å². The summed E-state index contributed by atoms with van der Waals surface area (Å²) in [6.45, 7) is 0. The summed E-state index contributed by atoms with van der Waals surface area (Å²) < 4.78 is 0. The summed E-state index contributed by atoms with van der Waals surface area (Å²) >= 11 is 0.